The lowest BCUT2D eigenvalue weighted by atomic mass is 9.88. The van der Waals surface area contributed by atoms with Gasteiger partial charge >= 0.3 is 0 Å². The fourth-order valence-electron chi connectivity index (χ4n) is 6.40. The van der Waals surface area contributed by atoms with E-state index in [1.165, 1.54) is 0 Å². The van der Waals surface area contributed by atoms with Gasteiger partial charge in [-0.25, -0.2) is 5.53 Å². The Morgan fingerprint density at radius 2 is 1.77 bits per heavy atom. The number of hydrogen-bond donors (Lipinski definition) is 2. The number of carbonyl (C=O) groups is 2. The summed E-state index contributed by atoms with van der Waals surface area (Å²) in [5, 5.41) is 6.72. The van der Waals surface area contributed by atoms with E-state index in [1.807, 2.05) is 47.4 Å². The second kappa shape index (κ2) is 15.9. The van der Waals surface area contributed by atoms with Crippen molar-refractivity contribution < 1.29 is 14.3 Å². The second-order valence-corrected chi connectivity index (χ2v) is 13.6. The standard InChI is InChI=1S/C37H43Cl2N5O3/c1-4-25(23(2)3)16-17-32-43-33(29-20-30(38)35(31(39)21-29)47-22-24-8-6-5-7-9-24)37(46)44(32)34(26-10-11-26)27-12-14-28(15-13-27)36(45)41-18-19-42-40/h5-9,12-15,20-21,23,25-26,32,34,40H,4,10-11,16-19,22H2,1-3H3,(H,41,45). The fraction of sp³-hybridized carbons (Fsp3) is 0.432. The smallest absolute Gasteiger partial charge is 0.274 e. The van der Waals surface area contributed by atoms with Gasteiger partial charge in [0, 0.05) is 17.7 Å². The Morgan fingerprint density at radius 3 is 2.36 bits per heavy atom. The molecule has 3 aromatic rings. The van der Waals surface area contributed by atoms with E-state index in [0.29, 0.717) is 63.5 Å². The first-order valence-corrected chi connectivity index (χ1v) is 17.2. The van der Waals surface area contributed by atoms with Gasteiger partial charge in [0.25, 0.3) is 11.8 Å². The molecular weight excluding hydrogens is 633 g/mol. The van der Waals surface area contributed by atoms with Gasteiger partial charge in [0.1, 0.15) is 18.5 Å². The van der Waals surface area contributed by atoms with Crippen molar-refractivity contribution >= 4 is 40.7 Å². The largest absolute Gasteiger partial charge is 0.486 e. The second-order valence-electron chi connectivity index (χ2n) is 12.7. The van der Waals surface area contributed by atoms with Crippen LogP contribution in [-0.2, 0) is 11.4 Å². The summed E-state index contributed by atoms with van der Waals surface area (Å²) >= 11 is 13.4. The van der Waals surface area contributed by atoms with E-state index in [0.717, 1.165) is 43.2 Å². The van der Waals surface area contributed by atoms with Crippen LogP contribution in [0.1, 0.15) is 86.0 Å². The molecule has 8 nitrogen and oxygen atoms in total. The molecule has 5 rings (SSSR count). The minimum atomic E-state index is -0.334. The van der Waals surface area contributed by atoms with Crippen LogP contribution in [0.2, 0.25) is 10.0 Å². The number of aliphatic imine (C=N–C) groups is 1. The number of ether oxygens (including phenoxy) is 1. The van der Waals surface area contributed by atoms with Crippen molar-refractivity contribution in [1.82, 2.24) is 10.2 Å². The van der Waals surface area contributed by atoms with Gasteiger partial charge in [-0.1, -0.05) is 92.9 Å². The molecule has 3 aromatic carbocycles. The molecule has 3 unspecified atom stereocenters. The molecule has 0 radical (unpaired) electrons. The molecule has 1 aliphatic heterocycles. The van der Waals surface area contributed by atoms with Crippen LogP contribution in [0.5, 0.6) is 5.75 Å². The third kappa shape index (κ3) is 8.40. The Morgan fingerprint density at radius 1 is 1.09 bits per heavy atom. The van der Waals surface area contributed by atoms with Crippen molar-refractivity contribution in [2.45, 2.75) is 71.7 Å². The first-order valence-electron chi connectivity index (χ1n) is 16.5. The zero-order valence-corrected chi connectivity index (χ0v) is 28.7. The summed E-state index contributed by atoms with van der Waals surface area (Å²) in [6, 6.07) is 20.5. The van der Waals surface area contributed by atoms with Crippen LogP contribution in [0.15, 0.2) is 76.8 Å². The van der Waals surface area contributed by atoms with Crippen molar-refractivity contribution in [3.63, 3.8) is 0 Å². The molecule has 1 saturated carbocycles. The van der Waals surface area contributed by atoms with Crippen LogP contribution >= 0.6 is 23.2 Å². The predicted octanol–water partition coefficient (Wildman–Crippen LogP) is 8.90. The lowest BCUT2D eigenvalue weighted by molar-refractivity contribution is -0.127. The van der Waals surface area contributed by atoms with Crippen LogP contribution in [0.4, 0.5) is 0 Å². The topological polar surface area (TPSA) is 107 Å². The van der Waals surface area contributed by atoms with Gasteiger partial charge < -0.3 is 15.0 Å². The fourth-order valence-corrected chi connectivity index (χ4v) is 7.00. The minimum absolute atomic E-state index is 0.143. The lowest BCUT2D eigenvalue weighted by Gasteiger charge is -2.34. The Labute approximate surface area is 287 Å². The molecule has 1 aliphatic carbocycles. The highest BCUT2D eigenvalue weighted by molar-refractivity contribution is 6.48. The van der Waals surface area contributed by atoms with Crippen LogP contribution in [0, 0.1) is 23.3 Å². The van der Waals surface area contributed by atoms with Crippen LogP contribution < -0.4 is 10.1 Å². The van der Waals surface area contributed by atoms with Gasteiger partial charge in [0.15, 0.2) is 5.75 Å². The first-order chi connectivity index (χ1) is 22.7. The van der Waals surface area contributed by atoms with E-state index in [1.54, 1.807) is 24.3 Å². The van der Waals surface area contributed by atoms with E-state index in [4.69, 9.17) is 38.5 Å². The number of amides is 2. The van der Waals surface area contributed by atoms with Gasteiger partial charge in [0.2, 0.25) is 0 Å². The summed E-state index contributed by atoms with van der Waals surface area (Å²) in [5.41, 5.74) is 10.4. The van der Waals surface area contributed by atoms with Crippen molar-refractivity contribution in [2.24, 2.45) is 27.9 Å². The highest BCUT2D eigenvalue weighted by Crippen LogP contribution is 2.48. The zero-order chi connectivity index (χ0) is 33.5. The SMILES string of the molecule is CCC(CCC1N=C(c2cc(Cl)c(OCc3ccccc3)c(Cl)c2)C(=O)N1C(c1ccc(C(=O)NCCN=N)cc1)C1CC1)C(C)C. The summed E-state index contributed by atoms with van der Waals surface area (Å²) in [6.07, 6.45) is 4.47. The summed E-state index contributed by atoms with van der Waals surface area (Å²) in [4.78, 5) is 34.1. The average molecular weight is 677 g/mol. The third-order valence-corrected chi connectivity index (χ3v) is 9.75. The Bertz CT molecular complexity index is 1570. The molecule has 2 N–H and O–H groups in total. The van der Waals surface area contributed by atoms with Gasteiger partial charge in [-0.2, -0.15) is 5.11 Å². The van der Waals surface area contributed by atoms with Crippen LogP contribution in [0.25, 0.3) is 0 Å². The summed E-state index contributed by atoms with van der Waals surface area (Å²) < 4.78 is 5.99. The highest BCUT2D eigenvalue weighted by atomic mass is 35.5. The van der Waals surface area contributed by atoms with Gasteiger partial charge in [-0.15, -0.1) is 0 Å². The Hall–Kier alpha value is -3.75. The molecule has 10 heteroatoms. The Balaban J connectivity index is 1.43. The number of benzene rings is 3. The summed E-state index contributed by atoms with van der Waals surface area (Å²) in [5.74, 6) is 1.38. The monoisotopic (exact) mass is 675 g/mol. The summed E-state index contributed by atoms with van der Waals surface area (Å²) in [7, 11) is 0. The van der Waals surface area contributed by atoms with Crippen LogP contribution in [-0.4, -0.2) is 41.7 Å². The zero-order valence-electron chi connectivity index (χ0n) is 27.2. The van der Waals surface area contributed by atoms with Gasteiger partial charge in [-0.3, -0.25) is 14.6 Å². The molecule has 0 aromatic heterocycles. The van der Waals surface area contributed by atoms with Gasteiger partial charge in [-0.05, 0) is 78.8 Å². The third-order valence-electron chi connectivity index (χ3n) is 9.19. The highest BCUT2D eigenvalue weighted by Gasteiger charge is 2.46. The number of nitrogens with zero attached hydrogens (tertiary/aromatic N) is 3. The maximum atomic E-state index is 14.4. The maximum absolute atomic E-state index is 14.4. The van der Waals surface area contributed by atoms with E-state index >= 15 is 0 Å². The van der Waals surface area contributed by atoms with E-state index in [2.05, 4.69) is 31.2 Å². The molecule has 0 bridgehead atoms. The van der Waals surface area contributed by atoms with Crippen molar-refractivity contribution in [3.8, 4) is 5.75 Å². The predicted molar refractivity (Wildman–Crippen MR) is 187 cm³/mol. The molecule has 47 heavy (non-hydrogen) atoms. The molecule has 3 atom stereocenters. The summed E-state index contributed by atoms with van der Waals surface area (Å²) in [6.45, 7) is 7.58. The van der Waals surface area contributed by atoms with Crippen molar-refractivity contribution in [1.29, 1.82) is 5.53 Å². The lowest BCUT2D eigenvalue weighted by Crippen LogP contribution is -2.41. The first kappa shape index (κ1) is 34.6. The van der Waals surface area contributed by atoms with Crippen molar-refractivity contribution in [2.75, 3.05) is 13.1 Å². The van der Waals surface area contributed by atoms with E-state index in [-0.39, 0.29) is 30.6 Å². The number of hydrogen-bond acceptors (Lipinski definition) is 6. The van der Waals surface area contributed by atoms with E-state index in [9.17, 15) is 9.59 Å². The van der Waals surface area contributed by atoms with Crippen molar-refractivity contribution in [3.05, 3.63) is 99.0 Å². The molecular formula is C37H43Cl2N5O3. The number of nitrogens with one attached hydrogen (secondary N) is 2. The molecule has 248 valence electrons. The quantitative estimate of drug-likeness (QED) is 0.117. The molecule has 2 aliphatic rings. The molecule has 1 heterocycles. The van der Waals surface area contributed by atoms with Gasteiger partial charge in [0.05, 0.1) is 22.6 Å². The minimum Gasteiger partial charge on any atom is -0.486 e. The van der Waals surface area contributed by atoms with E-state index < -0.39 is 0 Å². The number of carbonyl (C=O) groups excluding carboxylic acids is 2. The molecule has 0 spiro atoms. The average Bonchev–Trinajstić information content (AvgIpc) is 3.85. The number of rotatable bonds is 16. The molecule has 2 amide bonds. The molecule has 0 saturated heterocycles. The molecule has 1 fully saturated rings. The maximum Gasteiger partial charge on any atom is 0.274 e. The van der Waals surface area contributed by atoms with Crippen LogP contribution in [0.3, 0.4) is 0 Å². The normalized spacial score (nSPS) is 17.4. The Kier molecular flexibility index (Phi) is 11.7. The number of halogens is 2.